The predicted molar refractivity (Wildman–Crippen MR) is 114 cm³/mol. The van der Waals surface area contributed by atoms with Crippen LogP contribution in [0.3, 0.4) is 0 Å². The van der Waals surface area contributed by atoms with Crippen LogP contribution < -0.4 is 10.4 Å². The van der Waals surface area contributed by atoms with Gasteiger partial charge in [-0.2, -0.15) is 0 Å². The Morgan fingerprint density at radius 1 is 0.889 bits per heavy atom. The third kappa shape index (κ3) is 4.39. The Balaban J connectivity index is 2.58. The molecule has 0 aliphatic rings. The van der Waals surface area contributed by atoms with Crippen molar-refractivity contribution in [2.24, 2.45) is 0 Å². The van der Waals surface area contributed by atoms with Gasteiger partial charge in [-0.05, 0) is 34.8 Å². The summed E-state index contributed by atoms with van der Waals surface area (Å²) in [6.45, 7) is 10.8. The van der Waals surface area contributed by atoms with Crippen molar-refractivity contribution in [3.8, 4) is 0 Å². The maximum Gasteiger partial charge on any atom is 0.333 e. The van der Waals surface area contributed by atoms with Crippen LogP contribution in [0.1, 0.15) is 34.6 Å². The Morgan fingerprint density at radius 2 is 1.33 bits per heavy atom. The van der Waals surface area contributed by atoms with Crippen LogP contribution in [0.4, 0.5) is 0 Å². The van der Waals surface area contributed by atoms with E-state index in [2.05, 4.69) is 69.3 Å². The summed E-state index contributed by atoms with van der Waals surface area (Å²) in [5, 5.41) is 2.37. The minimum atomic E-state index is -2.59. The molecule has 2 rings (SSSR count). The molecular weight excluding hydrogens is 352 g/mol. The summed E-state index contributed by atoms with van der Waals surface area (Å²) >= 11 is 0. The van der Waals surface area contributed by atoms with Crippen molar-refractivity contribution in [1.82, 2.24) is 0 Å². The largest absolute Gasteiger partial charge is 0.466 e. The standard InChI is InChI=1S/C23H30O3Si/c1-18(19(2)22(24)25-6)17-26-27(23(3,4)5,20-13-9-7-10-14-20)21-15-11-8-12-16-21/h7-16H,17H2,1-6H3/b19-18-. The van der Waals surface area contributed by atoms with Gasteiger partial charge in [-0.1, -0.05) is 81.4 Å². The summed E-state index contributed by atoms with van der Waals surface area (Å²) < 4.78 is 11.7. The molecule has 0 aliphatic heterocycles. The number of esters is 1. The van der Waals surface area contributed by atoms with Crippen LogP contribution in [-0.4, -0.2) is 28.0 Å². The Hall–Kier alpha value is -2.17. The van der Waals surface area contributed by atoms with Crippen LogP contribution in [0.15, 0.2) is 71.8 Å². The van der Waals surface area contributed by atoms with Gasteiger partial charge in [0.1, 0.15) is 0 Å². The molecule has 3 nitrogen and oxygen atoms in total. The molecule has 0 bridgehead atoms. The number of ether oxygens (including phenoxy) is 1. The van der Waals surface area contributed by atoms with Crippen molar-refractivity contribution < 1.29 is 14.0 Å². The summed E-state index contributed by atoms with van der Waals surface area (Å²) in [7, 11) is -1.18. The van der Waals surface area contributed by atoms with E-state index in [9.17, 15) is 4.79 Å². The molecule has 0 spiro atoms. The van der Waals surface area contributed by atoms with Crippen molar-refractivity contribution >= 4 is 24.7 Å². The van der Waals surface area contributed by atoms with E-state index in [1.165, 1.54) is 17.5 Å². The highest BCUT2D eigenvalue weighted by Crippen LogP contribution is 2.37. The summed E-state index contributed by atoms with van der Waals surface area (Å²) in [5.41, 5.74) is 1.50. The molecule has 2 aromatic carbocycles. The van der Waals surface area contributed by atoms with Gasteiger partial charge in [0.05, 0.1) is 13.7 Å². The number of hydrogen-bond acceptors (Lipinski definition) is 3. The minimum Gasteiger partial charge on any atom is -0.466 e. The fourth-order valence-electron chi connectivity index (χ4n) is 3.41. The molecule has 27 heavy (non-hydrogen) atoms. The molecule has 144 valence electrons. The SMILES string of the molecule is COC(=O)/C(C)=C(/C)CO[Si](c1ccccc1)(c1ccccc1)C(C)(C)C. The molecule has 0 radical (unpaired) electrons. The van der Waals surface area contributed by atoms with E-state index in [1.54, 1.807) is 6.92 Å². The lowest BCUT2D eigenvalue weighted by atomic mass is 10.2. The third-order valence-electron chi connectivity index (χ3n) is 5.05. The maximum absolute atomic E-state index is 11.9. The third-order valence-corrected chi connectivity index (χ3v) is 10.0. The molecule has 2 aromatic rings. The lowest BCUT2D eigenvalue weighted by molar-refractivity contribution is -0.136. The second-order valence-electron chi connectivity index (χ2n) is 7.85. The van der Waals surface area contributed by atoms with Crippen LogP contribution in [0, 0.1) is 0 Å². The van der Waals surface area contributed by atoms with Gasteiger partial charge in [0.15, 0.2) is 0 Å². The number of rotatable bonds is 6. The van der Waals surface area contributed by atoms with E-state index >= 15 is 0 Å². The number of methoxy groups -OCH3 is 1. The first kappa shape index (κ1) is 21.1. The smallest absolute Gasteiger partial charge is 0.333 e. The lowest BCUT2D eigenvalue weighted by Crippen LogP contribution is -2.66. The Labute approximate surface area is 164 Å². The molecule has 0 fully saturated rings. The summed E-state index contributed by atoms with van der Waals surface area (Å²) in [5.74, 6) is -0.307. The summed E-state index contributed by atoms with van der Waals surface area (Å²) in [4.78, 5) is 11.9. The maximum atomic E-state index is 11.9. The Bertz CT molecular complexity index is 750. The second-order valence-corrected chi connectivity index (χ2v) is 12.2. The summed E-state index contributed by atoms with van der Waals surface area (Å²) in [6.07, 6.45) is 0. The summed E-state index contributed by atoms with van der Waals surface area (Å²) in [6, 6.07) is 21.0. The number of benzene rings is 2. The first-order valence-corrected chi connectivity index (χ1v) is 11.1. The van der Waals surface area contributed by atoms with Gasteiger partial charge in [0.2, 0.25) is 0 Å². The monoisotopic (exact) mass is 382 g/mol. The van der Waals surface area contributed by atoms with Crippen LogP contribution in [-0.2, 0) is 14.0 Å². The van der Waals surface area contributed by atoms with Crippen LogP contribution in [0.5, 0.6) is 0 Å². The number of carbonyl (C=O) groups is 1. The van der Waals surface area contributed by atoms with Crippen LogP contribution in [0.2, 0.25) is 5.04 Å². The molecule has 0 saturated heterocycles. The van der Waals surface area contributed by atoms with E-state index in [-0.39, 0.29) is 11.0 Å². The van der Waals surface area contributed by atoms with E-state index < -0.39 is 8.32 Å². The molecule has 4 heteroatoms. The molecule has 0 unspecified atom stereocenters. The number of carbonyl (C=O) groups excluding carboxylic acids is 1. The Kier molecular flexibility index (Phi) is 6.79. The van der Waals surface area contributed by atoms with Gasteiger partial charge < -0.3 is 9.16 Å². The highest BCUT2D eigenvalue weighted by Gasteiger charge is 2.50. The van der Waals surface area contributed by atoms with Gasteiger partial charge >= 0.3 is 5.97 Å². The van der Waals surface area contributed by atoms with Crippen molar-refractivity contribution in [2.45, 2.75) is 39.7 Å². The zero-order chi connectivity index (χ0) is 20.1. The predicted octanol–water partition coefficient (Wildman–Crippen LogP) is 4.07. The topological polar surface area (TPSA) is 35.5 Å². The molecular formula is C23H30O3Si. The van der Waals surface area contributed by atoms with Gasteiger partial charge in [-0.3, -0.25) is 0 Å². The molecule has 0 atom stereocenters. The molecule has 0 heterocycles. The molecule has 0 aromatic heterocycles. The first-order valence-electron chi connectivity index (χ1n) is 9.23. The van der Waals surface area contributed by atoms with E-state index in [4.69, 9.17) is 9.16 Å². The van der Waals surface area contributed by atoms with Gasteiger partial charge in [0.25, 0.3) is 8.32 Å². The second kappa shape index (κ2) is 8.68. The Morgan fingerprint density at radius 3 is 1.70 bits per heavy atom. The average Bonchev–Trinajstić information content (AvgIpc) is 2.67. The number of hydrogen-bond donors (Lipinski definition) is 0. The van der Waals surface area contributed by atoms with E-state index in [0.29, 0.717) is 12.2 Å². The first-order chi connectivity index (χ1) is 12.7. The lowest BCUT2D eigenvalue weighted by Gasteiger charge is -2.43. The van der Waals surface area contributed by atoms with Gasteiger partial charge in [-0.15, -0.1) is 0 Å². The quantitative estimate of drug-likeness (QED) is 0.429. The van der Waals surface area contributed by atoms with Gasteiger partial charge in [-0.25, -0.2) is 4.79 Å². The van der Waals surface area contributed by atoms with Gasteiger partial charge in [0, 0.05) is 5.57 Å². The highest BCUT2D eigenvalue weighted by molar-refractivity contribution is 6.99. The normalized spacial score (nSPS) is 13.1. The molecule has 0 amide bonds. The zero-order valence-electron chi connectivity index (χ0n) is 17.2. The van der Waals surface area contributed by atoms with Crippen molar-refractivity contribution in [1.29, 1.82) is 0 Å². The van der Waals surface area contributed by atoms with Crippen LogP contribution >= 0.6 is 0 Å². The fraction of sp³-hybridized carbons (Fsp3) is 0.348. The average molecular weight is 383 g/mol. The fourth-order valence-corrected chi connectivity index (χ4v) is 8.00. The molecule has 0 aliphatic carbocycles. The molecule has 0 saturated carbocycles. The minimum absolute atomic E-state index is 0.0881. The van der Waals surface area contributed by atoms with Crippen LogP contribution in [0.25, 0.3) is 0 Å². The van der Waals surface area contributed by atoms with Crippen molar-refractivity contribution in [3.63, 3.8) is 0 Å². The van der Waals surface area contributed by atoms with E-state index in [1.807, 2.05) is 19.1 Å². The zero-order valence-corrected chi connectivity index (χ0v) is 18.2. The highest BCUT2D eigenvalue weighted by atomic mass is 28.4. The van der Waals surface area contributed by atoms with Crippen molar-refractivity contribution in [2.75, 3.05) is 13.7 Å². The van der Waals surface area contributed by atoms with E-state index in [0.717, 1.165) is 5.57 Å². The molecule has 0 N–H and O–H groups in total. The van der Waals surface area contributed by atoms with Crippen molar-refractivity contribution in [3.05, 3.63) is 71.8 Å².